The second-order valence-electron chi connectivity index (χ2n) is 5.26. The molecule has 2 N–H and O–H groups in total. The van der Waals surface area contributed by atoms with Crippen LogP contribution in [0.4, 0.5) is 0 Å². The molecule has 0 aromatic carbocycles. The van der Waals surface area contributed by atoms with Gasteiger partial charge in [0.05, 0.1) is 46.2 Å². The van der Waals surface area contributed by atoms with Gasteiger partial charge in [0.15, 0.2) is 0 Å². The van der Waals surface area contributed by atoms with Crippen molar-refractivity contribution in [3.8, 4) is 0 Å². The van der Waals surface area contributed by atoms with Gasteiger partial charge in [-0.15, -0.1) is 0 Å². The lowest BCUT2D eigenvalue weighted by molar-refractivity contribution is 0.00304. The molecule has 0 fully saturated rings. The standard InChI is InChI=1S/C15H33NO5/c1-15(14-17,16-2)6-4-5-7-19-10-11-21-13-12-20-9-8-18-3/h16-17H,4-14H2,1-3H3. The molecule has 0 radical (unpaired) electrons. The monoisotopic (exact) mass is 307 g/mol. The number of ether oxygens (including phenoxy) is 4. The average Bonchev–Trinajstić information content (AvgIpc) is 2.51. The van der Waals surface area contributed by atoms with E-state index < -0.39 is 0 Å². The molecule has 0 spiro atoms. The third kappa shape index (κ3) is 13.2. The molecule has 0 rings (SSSR count). The SMILES string of the molecule is CNC(C)(CO)CCCCOCCOCCOCCOC. The van der Waals surface area contributed by atoms with Crippen LogP contribution < -0.4 is 5.32 Å². The van der Waals surface area contributed by atoms with E-state index in [2.05, 4.69) is 5.32 Å². The Balaban J connectivity index is 3.16. The van der Waals surface area contributed by atoms with Gasteiger partial charge >= 0.3 is 0 Å². The van der Waals surface area contributed by atoms with Gasteiger partial charge in [-0.25, -0.2) is 0 Å². The Bertz CT molecular complexity index is 212. The molecule has 0 bridgehead atoms. The smallest absolute Gasteiger partial charge is 0.0701 e. The molecule has 128 valence electrons. The Morgan fingerprint density at radius 3 is 1.86 bits per heavy atom. The summed E-state index contributed by atoms with van der Waals surface area (Å²) in [4.78, 5) is 0. The molecule has 0 saturated carbocycles. The molecule has 1 unspecified atom stereocenters. The highest BCUT2D eigenvalue weighted by molar-refractivity contribution is 4.79. The Kier molecular flexibility index (Phi) is 14.5. The first-order chi connectivity index (χ1) is 10.2. The van der Waals surface area contributed by atoms with Crippen molar-refractivity contribution in [3.63, 3.8) is 0 Å². The van der Waals surface area contributed by atoms with Crippen molar-refractivity contribution in [2.45, 2.75) is 31.7 Å². The van der Waals surface area contributed by atoms with Crippen LogP contribution in [-0.2, 0) is 18.9 Å². The van der Waals surface area contributed by atoms with Crippen LogP contribution in [0.1, 0.15) is 26.2 Å². The second kappa shape index (κ2) is 14.7. The topological polar surface area (TPSA) is 69.2 Å². The maximum atomic E-state index is 9.25. The molecular formula is C15H33NO5. The molecule has 0 aliphatic carbocycles. The minimum Gasteiger partial charge on any atom is -0.394 e. The molecule has 1 atom stereocenters. The molecule has 0 aromatic rings. The number of hydrogen-bond donors (Lipinski definition) is 2. The molecule has 0 aliphatic heterocycles. The predicted octanol–water partition coefficient (Wildman–Crippen LogP) is 0.823. The van der Waals surface area contributed by atoms with Crippen molar-refractivity contribution in [2.75, 3.05) is 67.0 Å². The Hall–Kier alpha value is -0.240. The van der Waals surface area contributed by atoms with Gasteiger partial charge in [-0.1, -0.05) is 0 Å². The molecule has 6 heteroatoms. The Labute approximate surface area is 129 Å². The van der Waals surface area contributed by atoms with Crippen molar-refractivity contribution in [2.24, 2.45) is 0 Å². The molecule has 0 amide bonds. The summed E-state index contributed by atoms with van der Waals surface area (Å²) in [5.74, 6) is 0. The third-order valence-corrected chi connectivity index (χ3v) is 3.40. The van der Waals surface area contributed by atoms with E-state index in [1.54, 1.807) is 7.11 Å². The summed E-state index contributed by atoms with van der Waals surface area (Å²) in [6.07, 6.45) is 2.97. The summed E-state index contributed by atoms with van der Waals surface area (Å²) in [7, 11) is 3.53. The van der Waals surface area contributed by atoms with Crippen LogP contribution in [0.2, 0.25) is 0 Å². The van der Waals surface area contributed by atoms with E-state index in [1.807, 2.05) is 14.0 Å². The lowest BCUT2D eigenvalue weighted by Gasteiger charge is -2.26. The first-order valence-corrected chi connectivity index (χ1v) is 7.70. The highest BCUT2D eigenvalue weighted by Gasteiger charge is 2.19. The summed E-state index contributed by atoms with van der Waals surface area (Å²) >= 11 is 0. The van der Waals surface area contributed by atoms with Crippen molar-refractivity contribution in [1.82, 2.24) is 5.32 Å². The maximum absolute atomic E-state index is 9.25. The van der Waals surface area contributed by atoms with E-state index in [-0.39, 0.29) is 12.1 Å². The number of methoxy groups -OCH3 is 1. The summed E-state index contributed by atoms with van der Waals surface area (Å²) in [6, 6.07) is 0. The molecule has 6 nitrogen and oxygen atoms in total. The van der Waals surface area contributed by atoms with Gasteiger partial charge in [-0.05, 0) is 33.2 Å². The van der Waals surface area contributed by atoms with Crippen molar-refractivity contribution >= 4 is 0 Å². The lowest BCUT2D eigenvalue weighted by Crippen LogP contribution is -2.43. The summed E-state index contributed by atoms with van der Waals surface area (Å²) in [5, 5.41) is 12.4. The number of hydrogen-bond acceptors (Lipinski definition) is 6. The maximum Gasteiger partial charge on any atom is 0.0701 e. The zero-order chi connectivity index (χ0) is 15.8. The summed E-state index contributed by atoms with van der Waals surface area (Å²) in [5.41, 5.74) is -0.175. The van der Waals surface area contributed by atoms with Crippen LogP contribution in [0.15, 0.2) is 0 Å². The Morgan fingerprint density at radius 1 is 0.857 bits per heavy atom. The highest BCUT2D eigenvalue weighted by atomic mass is 16.6. The highest BCUT2D eigenvalue weighted by Crippen LogP contribution is 2.12. The summed E-state index contributed by atoms with van der Waals surface area (Å²) < 4.78 is 21.0. The zero-order valence-electron chi connectivity index (χ0n) is 13.9. The molecule has 0 aromatic heterocycles. The van der Waals surface area contributed by atoms with Gasteiger partial charge in [0.1, 0.15) is 0 Å². The van der Waals surface area contributed by atoms with E-state index in [0.717, 1.165) is 25.9 Å². The number of nitrogens with one attached hydrogen (secondary N) is 1. The van der Waals surface area contributed by atoms with Crippen molar-refractivity contribution in [3.05, 3.63) is 0 Å². The number of unbranched alkanes of at least 4 members (excludes halogenated alkanes) is 1. The lowest BCUT2D eigenvalue weighted by atomic mass is 9.96. The van der Waals surface area contributed by atoms with E-state index >= 15 is 0 Å². The molecule has 0 aliphatic rings. The van der Waals surface area contributed by atoms with Crippen LogP contribution >= 0.6 is 0 Å². The van der Waals surface area contributed by atoms with Gasteiger partial charge in [-0.3, -0.25) is 0 Å². The average molecular weight is 307 g/mol. The van der Waals surface area contributed by atoms with Gasteiger partial charge in [0.25, 0.3) is 0 Å². The van der Waals surface area contributed by atoms with Crippen LogP contribution in [0.3, 0.4) is 0 Å². The van der Waals surface area contributed by atoms with E-state index in [1.165, 1.54) is 0 Å². The van der Waals surface area contributed by atoms with E-state index in [4.69, 9.17) is 18.9 Å². The minimum absolute atomic E-state index is 0.157. The molecular weight excluding hydrogens is 274 g/mol. The number of rotatable bonds is 16. The van der Waals surface area contributed by atoms with Crippen LogP contribution in [0.25, 0.3) is 0 Å². The minimum atomic E-state index is -0.175. The van der Waals surface area contributed by atoms with E-state index in [9.17, 15) is 5.11 Å². The fourth-order valence-corrected chi connectivity index (χ4v) is 1.69. The molecule has 21 heavy (non-hydrogen) atoms. The molecule has 0 saturated heterocycles. The molecule has 0 heterocycles. The first-order valence-electron chi connectivity index (χ1n) is 7.70. The quantitative estimate of drug-likeness (QED) is 0.412. The predicted molar refractivity (Wildman–Crippen MR) is 82.7 cm³/mol. The van der Waals surface area contributed by atoms with Crippen LogP contribution in [0, 0.1) is 0 Å². The second-order valence-corrected chi connectivity index (χ2v) is 5.26. The van der Waals surface area contributed by atoms with Gasteiger partial charge in [0.2, 0.25) is 0 Å². The Morgan fingerprint density at radius 2 is 1.38 bits per heavy atom. The third-order valence-electron chi connectivity index (χ3n) is 3.40. The number of aliphatic hydroxyl groups is 1. The van der Waals surface area contributed by atoms with Crippen LogP contribution in [-0.4, -0.2) is 77.7 Å². The van der Waals surface area contributed by atoms with Gasteiger partial charge in [0, 0.05) is 19.3 Å². The number of likely N-dealkylation sites (N-methyl/N-ethyl adjacent to an activating group) is 1. The van der Waals surface area contributed by atoms with Crippen molar-refractivity contribution in [1.29, 1.82) is 0 Å². The fourth-order valence-electron chi connectivity index (χ4n) is 1.69. The van der Waals surface area contributed by atoms with Gasteiger partial charge < -0.3 is 29.4 Å². The van der Waals surface area contributed by atoms with Crippen molar-refractivity contribution < 1.29 is 24.1 Å². The van der Waals surface area contributed by atoms with Crippen LogP contribution in [0.5, 0.6) is 0 Å². The van der Waals surface area contributed by atoms with Gasteiger partial charge in [-0.2, -0.15) is 0 Å². The summed E-state index contributed by atoms with van der Waals surface area (Å²) in [6.45, 7) is 6.53. The van der Waals surface area contributed by atoms with E-state index in [0.29, 0.717) is 39.6 Å². The fraction of sp³-hybridized carbons (Fsp3) is 1.00. The normalized spacial score (nSPS) is 14.3. The first kappa shape index (κ1) is 20.8. The zero-order valence-corrected chi connectivity index (χ0v) is 13.9. The number of aliphatic hydroxyl groups excluding tert-OH is 1. The largest absolute Gasteiger partial charge is 0.394 e.